The number of ether oxygens (including phenoxy) is 1. The van der Waals surface area contributed by atoms with E-state index in [4.69, 9.17) is 27.9 Å². The predicted octanol–water partition coefficient (Wildman–Crippen LogP) is 5.44. The van der Waals surface area contributed by atoms with Crippen LogP contribution in [0.25, 0.3) is 0 Å². The maximum absolute atomic E-state index is 6.67. The van der Waals surface area contributed by atoms with E-state index >= 15 is 0 Å². The molecule has 0 amide bonds. The van der Waals surface area contributed by atoms with Gasteiger partial charge in [-0.05, 0) is 58.7 Å². The van der Waals surface area contributed by atoms with Gasteiger partial charge in [0.25, 0.3) is 0 Å². The van der Waals surface area contributed by atoms with E-state index in [1.165, 1.54) is 19.3 Å². The molecule has 3 atom stereocenters. The monoisotopic (exact) mass is 348 g/mol. The summed E-state index contributed by atoms with van der Waals surface area (Å²) in [4.78, 5) is 0. The Kier molecular flexibility index (Phi) is 3.55. The number of hydrogen-bond acceptors (Lipinski definition) is 1. The van der Waals surface area contributed by atoms with Crippen molar-refractivity contribution in [2.45, 2.75) is 24.6 Å². The van der Waals surface area contributed by atoms with E-state index in [9.17, 15) is 0 Å². The van der Waals surface area contributed by atoms with E-state index in [1.807, 2.05) is 12.1 Å². The van der Waals surface area contributed by atoms with Gasteiger partial charge in [0, 0.05) is 10.6 Å². The van der Waals surface area contributed by atoms with Crippen LogP contribution in [-0.4, -0.2) is 7.11 Å². The number of hydrogen-bond donors (Lipinski definition) is 0. The van der Waals surface area contributed by atoms with Gasteiger partial charge in [0.1, 0.15) is 5.75 Å². The fraction of sp³-hybridized carbons (Fsp3) is 0.571. The van der Waals surface area contributed by atoms with E-state index in [1.54, 1.807) is 7.11 Å². The van der Waals surface area contributed by atoms with E-state index in [0.29, 0.717) is 10.9 Å². The SMILES string of the molecule is COc1c(Br)cc(Cl)cc1C(Cl)C1C2CCCC21. The van der Waals surface area contributed by atoms with Gasteiger partial charge in [0.05, 0.1) is 17.0 Å². The topological polar surface area (TPSA) is 9.23 Å². The maximum Gasteiger partial charge on any atom is 0.137 e. The van der Waals surface area contributed by atoms with Gasteiger partial charge in [0.2, 0.25) is 0 Å². The lowest BCUT2D eigenvalue weighted by atomic mass is 10.0. The quantitative estimate of drug-likeness (QED) is 0.660. The summed E-state index contributed by atoms with van der Waals surface area (Å²) < 4.78 is 6.34. The van der Waals surface area contributed by atoms with Crippen LogP contribution in [0.5, 0.6) is 5.75 Å². The van der Waals surface area contributed by atoms with Crippen molar-refractivity contribution in [1.82, 2.24) is 0 Å². The average molecular weight is 350 g/mol. The lowest BCUT2D eigenvalue weighted by Gasteiger charge is -2.17. The molecule has 2 aliphatic carbocycles. The minimum absolute atomic E-state index is 0.0187. The summed E-state index contributed by atoms with van der Waals surface area (Å²) in [6.45, 7) is 0. The first-order valence-corrected chi connectivity index (χ1v) is 7.91. The van der Waals surface area contributed by atoms with Crippen LogP contribution in [0.15, 0.2) is 16.6 Å². The summed E-state index contributed by atoms with van der Waals surface area (Å²) in [5, 5.41) is 0.722. The van der Waals surface area contributed by atoms with Gasteiger partial charge in [-0.25, -0.2) is 0 Å². The molecule has 0 spiro atoms. The fourth-order valence-corrected chi connectivity index (χ4v) is 5.05. The van der Waals surface area contributed by atoms with Gasteiger partial charge in [-0.3, -0.25) is 0 Å². The number of fused-ring (bicyclic) bond motifs is 1. The molecule has 0 heterocycles. The van der Waals surface area contributed by atoms with Gasteiger partial charge >= 0.3 is 0 Å². The summed E-state index contributed by atoms with van der Waals surface area (Å²) in [7, 11) is 1.68. The van der Waals surface area contributed by atoms with Crippen LogP contribution in [0.3, 0.4) is 0 Å². The Morgan fingerprint density at radius 2 is 2.00 bits per heavy atom. The normalized spacial score (nSPS) is 31.0. The molecule has 2 saturated carbocycles. The van der Waals surface area contributed by atoms with Crippen LogP contribution in [0.1, 0.15) is 30.2 Å². The first-order valence-electron chi connectivity index (χ1n) is 6.30. The second-order valence-corrected chi connectivity index (χ2v) is 7.01. The van der Waals surface area contributed by atoms with E-state index in [2.05, 4.69) is 15.9 Å². The molecule has 1 aromatic rings. The highest BCUT2D eigenvalue weighted by molar-refractivity contribution is 9.10. The predicted molar refractivity (Wildman–Crippen MR) is 78.6 cm³/mol. The number of rotatable bonds is 3. The molecule has 0 aliphatic heterocycles. The zero-order chi connectivity index (χ0) is 12.9. The van der Waals surface area contributed by atoms with Crippen LogP contribution in [0.4, 0.5) is 0 Å². The maximum atomic E-state index is 6.67. The fourth-order valence-electron chi connectivity index (χ4n) is 3.52. The highest BCUT2D eigenvalue weighted by Gasteiger charge is 2.56. The van der Waals surface area contributed by atoms with Crippen molar-refractivity contribution < 1.29 is 4.74 Å². The Hall–Kier alpha value is 0.0800. The first kappa shape index (κ1) is 13.1. The third-order valence-corrected chi connectivity index (χ3v) is 5.68. The minimum atomic E-state index is 0.0187. The second-order valence-electron chi connectivity index (χ2n) is 5.25. The van der Waals surface area contributed by atoms with E-state index < -0.39 is 0 Å². The Bertz CT molecular complexity index is 467. The van der Waals surface area contributed by atoms with Crippen molar-refractivity contribution in [3.8, 4) is 5.75 Å². The molecule has 1 nitrogen and oxygen atoms in total. The van der Waals surface area contributed by atoms with Crippen LogP contribution in [0.2, 0.25) is 5.02 Å². The smallest absolute Gasteiger partial charge is 0.137 e. The molecule has 0 N–H and O–H groups in total. The van der Waals surface area contributed by atoms with Gasteiger partial charge in [-0.15, -0.1) is 11.6 Å². The summed E-state index contributed by atoms with van der Waals surface area (Å²) in [5.41, 5.74) is 1.03. The molecule has 3 rings (SSSR count). The molecular formula is C14H15BrCl2O. The van der Waals surface area contributed by atoms with Crippen LogP contribution >= 0.6 is 39.1 Å². The number of benzene rings is 1. The molecule has 2 fully saturated rings. The summed E-state index contributed by atoms with van der Waals surface area (Å²) in [6, 6.07) is 3.79. The molecule has 98 valence electrons. The molecule has 4 heteroatoms. The number of alkyl halides is 1. The Labute approximate surface area is 126 Å². The van der Waals surface area contributed by atoms with Gasteiger partial charge in [0.15, 0.2) is 0 Å². The number of halogens is 3. The van der Waals surface area contributed by atoms with Crippen molar-refractivity contribution in [3.63, 3.8) is 0 Å². The molecule has 2 aliphatic rings. The lowest BCUT2D eigenvalue weighted by molar-refractivity contribution is 0.403. The minimum Gasteiger partial charge on any atom is -0.495 e. The molecular weight excluding hydrogens is 335 g/mol. The number of methoxy groups -OCH3 is 1. The summed E-state index contributed by atoms with van der Waals surface area (Å²) >= 11 is 16.3. The van der Waals surface area contributed by atoms with Crippen LogP contribution in [0, 0.1) is 17.8 Å². The molecule has 3 unspecified atom stereocenters. The van der Waals surface area contributed by atoms with Gasteiger partial charge in [-0.1, -0.05) is 18.0 Å². The third kappa shape index (κ3) is 2.07. The van der Waals surface area contributed by atoms with E-state index in [0.717, 1.165) is 27.6 Å². The van der Waals surface area contributed by atoms with E-state index in [-0.39, 0.29) is 5.38 Å². The highest BCUT2D eigenvalue weighted by Crippen LogP contribution is 2.64. The molecule has 0 saturated heterocycles. The second kappa shape index (κ2) is 4.88. The Balaban J connectivity index is 1.91. The average Bonchev–Trinajstić information content (AvgIpc) is 2.80. The largest absolute Gasteiger partial charge is 0.495 e. The molecule has 0 bridgehead atoms. The zero-order valence-corrected chi connectivity index (χ0v) is 13.2. The molecule has 1 aromatic carbocycles. The zero-order valence-electron chi connectivity index (χ0n) is 10.1. The standard InChI is InChI=1S/C14H15BrCl2O/c1-18-14-10(5-7(16)6-11(14)15)13(17)12-8-3-2-4-9(8)12/h5-6,8-9,12-13H,2-4H2,1H3. The lowest BCUT2D eigenvalue weighted by Crippen LogP contribution is -2.02. The van der Waals surface area contributed by atoms with Gasteiger partial charge < -0.3 is 4.74 Å². The van der Waals surface area contributed by atoms with Crippen LogP contribution < -0.4 is 4.74 Å². The van der Waals surface area contributed by atoms with Crippen molar-refractivity contribution in [3.05, 3.63) is 27.2 Å². The third-order valence-electron chi connectivity index (χ3n) is 4.35. The van der Waals surface area contributed by atoms with Crippen LogP contribution in [-0.2, 0) is 0 Å². The molecule has 0 aromatic heterocycles. The van der Waals surface area contributed by atoms with Crippen molar-refractivity contribution in [2.75, 3.05) is 7.11 Å². The molecule has 0 radical (unpaired) electrons. The highest BCUT2D eigenvalue weighted by atomic mass is 79.9. The summed E-state index contributed by atoms with van der Waals surface area (Å²) in [5.74, 6) is 3.09. The molecule has 18 heavy (non-hydrogen) atoms. The van der Waals surface area contributed by atoms with Gasteiger partial charge in [-0.2, -0.15) is 0 Å². The summed E-state index contributed by atoms with van der Waals surface area (Å²) in [6.07, 6.45) is 4.04. The first-order chi connectivity index (χ1) is 8.63. The van der Waals surface area contributed by atoms with Crippen molar-refractivity contribution in [2.24, 2.45) is 17.8 Å². The van der Waals surface area contributed by atoms with Crippen molar-refractivity contribution in [1.29, 1.82) is 0 Å². The van der Waals surface area contributed by atoms with Crippen molar-refractivity contribution >= 4 is 39.1 Å². The Morgan fingerprint density at radius 1 is 1.33 bits per heavy atom. The Morgan fingerprint density at radius 3 is 2.61 bits per heavy atom.